The summed E-state index contributed by atoms with van der Waals surface area (Å²) in [5.74, 6) is 2.45. The molecule has 116 valence electrons. The van der Waals surface area contributed by atoms with E-state index in [9.17, 15) is 4.79 Å². The molecule has 0 radical (unpaired) electrons. The Morgan fingerprint density at radius 1 is 1.36 bits per heavy atom. The highest BCUT2D eigenvalue weighted by Gasteiger charge is 2.42. The fourth-order valence-electron chi connectivity index (χ4n) is 4.54. The zero-order chi connectivity index (χ0) is 15.1. The second-order valence-corrected chi connectivity index (χ2v) is 7.00. The van der Waals surface area contributed by atoms with Crippen LogP contribution < -0.4 is 5.32 Å². The number of rotatable bonds is 4. The van der Waals surface area contributed by atoms with Crippen molar-refractivity contribution in [1.29, 1.82) is 0 Å². The lowest BCUT2D eigenvalue weighted by atomic mass is 9.84. The predicted octanol–water partition coefficient (Wildman–Crippen LogP) is 3.31. The molecular weight excluding hydrogens is 276 g/mol. The second-order valence-electron chi connectivity index (χ2n) is 7.00. The number of carbonyl (C=O) groups is 1. The molecule has 4 nitrogen and oxygen atoms in total. The van der Waals surface area contributed by atoms with Gasteiger partial charge in [0.15, 0.2) is 5.58 Å². The first-order chi connectivity index (χ1) is 10.7. The lowest BCUT2D eigenvalue weighted by Gasteiger charge is -2.28. The lowest BCUT2D eigenvalue weighted by Crippen LogP contribution is -2.40. The Morgan fingerprint density at radius 2 is 2.23 bits per heavy atom. The zero-order valence-electron chi connectivity index (χ0n) is 12.9. The van der Waals surface area contributed by atoms with E-state index in [1.807, 2.05) is 24.3 Å². The molecule has 1 amide bonds. The summed E-state index contributed by atoms with van der Waals surface area (Å²) < 4.78 is 5.26. The van der Waals surface area contributed by atoms with Crippen molar-refractivity contribution in [2.24, 2.45) is 17.8 Å². The number of carbonyl (C=O) groups excluding carboxylic acids is 1. The Labute approximate surface area is 130 Å². The topological polar surface area (TPSA) is 55.1 Å². The van der Waals surface area contributed by atoms with Crippen molar-refractivity contribution in [1.82, 2.24) is 10.5 Å². The Hall–Kier alpha value is -1.84. The third kappa shape index (κ3) is 2.40. The van der Waals surface area contributed by atoms with Crippen molar-refractivity contribution in [3.63, 3.8) is 0 Å². The lowest BCUT2D eigenvalue weighted by molar-refractivity contribution is -0.121. The van der Waals surface area contributed by atoms with Crippen molar-refractivity contribution in [3.8, 4) is 0 Å². The van der Waals surface area contributed by atoms with Gasteiger partial charge < -0.3 is 9.84 Å². The molecule has 1 aromatic heterocycles. The molecule has 2 aliphatic carbocycles. The van der Waals surface area contributed by atoms with Gasteiger partial charge in [0.2, 0.25) is 5.91 Å². The molecule has 22 heavy (non-hydrogen) atoms. The van der Waals surface area contributed by atoms with Crippen LogP contribution in [0.25, 0.3) is 11.0 Å². The molecule has 4 heteroatoms. The molecule has 0 saturated heterocycles. The minimum Gasteiger partial charge on any atom is -0.356 e. The van der Waals surface area contributed by atoms with Gasteiger partial charge in [0.1, 0.15) is 5.69 Å². The van der Waals surface area contributed by atoms with Crippen LogP contribution in [0.4, 0.5) is 0 Å². The van der Waals surface area contributed by atoms with E-state index < -0.39 is 0 Å². The van der Waals surface area contributed by atoms with Gasteiger partial charge in [-0.25, -0.2) is 0 Å². The van der Waals surface area contributed by atoms with Crippen molar-refractivity contribution >= 4 is 16.9 Å². The van der Waals surface area contributed by atoms with Crippen LogP contribution in [0.1, 0.15) is 38.3 Å². The first kappa shape index (κ1) is 13.8. The first-order valence-electron chi connectivity index (χ1n) is 8.33. The van der Waals surface area contributed by atoms with Crippen LogP contribution in [0.3, 0.4) is 0 Å². The van der Waals surface area contributed by atoms with Gasteiger partial charge in [-0.05, 0) is 56.1 Å². The van der Waals surface area contributed by atoms with Crippen LogP contribution >= 0.6 is 0 Å². The van der Waals surface area contributed by atoms with E-state index >= 15 is 0 Å². The van der Waals surface area contributed by atoms with Crippen molar-refractivity contribution in [2.75, 3.05) is 0 Å². The molecule has 0 unspecified atom stereocenters. The summed E-state index contributed by atoms with van der Waals surface area (Å²) in [4.78, 5) is 12.3. The zero-order valence-corrected chi connectivity index (χ0v) is 12.9. The minimum absolute atomic E-state index is 0.0503. The molecule has 0 spiro atoms. The SMILES string of the molecule is C[C@H](NC(=O)Cc1noc2ccccc12)[C@@H]1C[C@H]2CC[C@H]1C2. The highest BCUT2D eigenvalue weighted by molar-refractivity contribution is 5.86. The van der Waals surface area contributed by atoms with Crippen LogP contribution in [0.15, 0.2) is 28.8 Å². The maximum atomic E-state index is 12.3. The molecule has 1 N–H and O–H groups in total. The Kier molecular flexibility index (Phi) is 3.40. The van der Waals surface area contributed by atoms with E-state index in [1.165, 1.54) is 25.7 Å². The molecule has 2 aromatic rings. The smallest absolute Gasteiger partial charge is 0.226 e. The van der Waals surface area contributed by atoms with Crippen molar-refractivity contribution in [3.05, 3.63) is 30.0 Å². The summed E-state index contributed by atoms with van der Waals surface area (Å²) in [7, 11) is 0. The van der Waals surface area contributed by atoms with E-state index in [-0.39, 0.29) is 11.9 Å². The largest absolute Gasteiger partial charge is 0.356 e. The number of hydrogen-bond acceptors (Lipinski definition) is 3. The molecule has 2 bridgehead atoms. The molecule has 2 saturated carbocycles. The van der Waals surface area contributed by atoms with Gasteiger partial charge in [0.25, 0.3) is 0 Å². The number of benzene rings is 1. The molecule has 0 aliphatic heterocycles. The number of fused-ring (bicyclic) bond motifs is 3. The van der Waals surface area contributed by atoms with Crippen LogP contribution in [-0.2, 0) is 11.2 Å². The number of para-hydroxylation sites is 1. The number of hydrogen-bond donors (Lipinski definition) is 1. The second kappa shape index (κ2) is 5.41. The van der Waals surface area contributed by atoms with E-state index in [0.29, 0.717) is 12.3 Å². The summed E-state index contributed by atoms with van der Waals surface area (Å²) in [6.07, 6.45) is 5.70. The van der Waals surface area contributed by atoms with Gasteiger partial charge in [-0.15, -0.1) is 0 Å². The monoisotopic (exact) mass is 298 g/mol. The molecular formula is C18H22N2O2. The Morgan fingerprint density at radius 3 is 3.00 bits per heavy atom. The van der Waals surface area contributed by atoms with Crippen molar-refractivity contribution < 1.29 is 9.32 Å². The fraction of sp³-hybridized carbons (Fsp3) is 0.556. The van der Waals surface area contributed by atoms with Crippen LogP contribution in [-0.4, -0.2) is 17.1 Å². The Balaban J connectivity index is 1.40. The quantitative estimate of drug-likeness (QED) is 0.942. The summed E-state index contributed by atoms with van der Waals surface area (Å²) >= 11 is 0. The van der Waals surface area contributed by atoms with Crippen LogP contribution in [0, 0.1) is 17.8 Å². The third-order valence-corrected chi connectivity index (χ3v) is 5.60. The van der Waals surface area contributed by atoms with Gasteiger partial charge in [0.05, 0.1) is 6.42 Å². The summed E-state index contributed by atoms with van der Waals surface area (Å²) in [6.45, 7) is 2.16. The van der Waals surface area contributed by atoms with Gasteiger partial charge >= 0.3 is 0 Å². The van der Waals surface area contributed by atoms with E-state index in [2.05, 4.69) is 17.4 Å². The minimum atomic E-state index is 0.0503. The van der Waals surface area contributed by atoms with Gasteiger partial charge in [-0.3, -0.25) is 4.79 Å². The highest BCUT2D eigenvalue weighted by Crippen LogP contribution is 2.49. The van der Waals surface area contributed by atoms with E-state index in [4.69, 9.17) is 4.52 Å². The van der Waals surface area contributed by atoms with Gasteiger partial charge in [0, 0.05) is 11.4 Å². The molecule has 2 aliphatic rings. The van der Waals surface area contributed by atoms with Gasteiger partial charge in [-0.2, -0.15) is 0 Å². The normalized spacial score (nSPS) is 28.1. The number of amides is 1. The fourth-order valence-corrected chi connectivity index (χ4v) is 4.54. The van der Waals surface area contributed by atoms with Crippen molar-refractivity contribution in [2.45, 2.75) is 45.1 Å². The number of nitrogens with one attached hydrogen (secondary N) is 1. The van der Waals surface area contributed by atoms with Crippen LogP contribution in [0.2, 0.25) is 0 Å². The molecule has 1 aromatic carbocycles. The molecule has 1 heterocycles. The third-order valence-electron chi connectivity index (χ3n) is 5.60. The summed E-state index contributed by atoms with van der Waals surface area (Å²) in [5.41, 5.74) is 1.47. The summed E-state index contributed by atoms with van der Waals surface area (Å²) in [5, 5.41) is 8.17. The first-order valence-corrected chi connectivity index (χ1v) is 8.33. The molecule has 4 atom stereocenters. The Bertz CT molecular complexity index is 693. The van der Waals surface area contributed by atoms with Gasteiger partial charge in [-0.1, -0.05) is 23.7 Å². The van der Waals surface area contributed by atoms with E-state index in [0.717, 1.165) is 28.5 Å². The maximum absolute atomic E-state index is 12.3. The number of aromatic nitrogens is 1. The number of nitrogens with zero attached hydrogens (tertiary/aromatic N) is 1. The van der Waals surface area contributed by atoms with Crippen LogP contribution in [0.5, 0.6) is 0 Å². The highest BCUT2D eigenvalue weighted by atomic mass is 16.5. The molecule has 2 fully saturated rings. The maximum Gasteiger partial charge on any atom is 0.226 e. The molecule has 4 rings (SSSR count). The van der Waals surface area contributed by atoms with E-state index in [1.54, 1.807) is 0 Å². The average molecular weight is 298 g/mol. The predicted molar refractivity (Wildman–Crippen MR) is 84.3 cm³/mol. The standard InChI is InChI=1S/C18H22N2O2/c1-11(15-9-12-6-7-13(15)8-12)19-18(21)10-16-14-4-2-3-5-17(14)22-20-16/h2-5,11-13,15H,6-10H2,1H3,(H,19,21)/t11-,12-,13-,15-/m0/s1. The average Bonchev–Trinajstić information content (AvgIpc) is 3.22. The summed E-state index contributed by atoms with van der Waals surface area (Å²) in [6, 6.07) is 7.95.